The number of thiophene rings is 1. The monoisotopic (exact) mass is 413 g/mol. The van der Waals surface area contributed by atoms with Gasteiger partial charge in [0.1, 0.15) is 0 Å². The van der Waals surface area contributed by atoms with E-state index in [9.17, 15) is 14.9 Å². The Morgan fingerprint density at radius 3 is 2.86 bits per heavy atom. The fourth-order valence-electron chi connectivity index (χ4n) is 2.45. The zero-order valence-corrected chi connectivity index (χ0v) is 15.9. The van der Waals surface area contributed by atoms with Crippen molar-refractivity contribution in [1.29, 1.82) is 0 Å². The fraction of sp³-hybridized carbons (Fsp3) is 0.0588. The number of rotatable bonds is 6. The molecule has 0 radical (unpaired) electrons. The van der Waals surface area contributed by atoms with Gasteiger partial charge in [0.05, 0.1) is 14.7 Å². The minimum Gasteiger partial charge on any atom is -0.410 e. The molecule has 0 unspecified atom stereocenters. The van der Waals surface area contributed by atoms with E-state index in [0.717, 1.165) is 16.6 Å². The number of benzene rings is 1. The lowest BCUT2D eigenvalue weighted by molar-refractivity contribution is -0.387. The number of carbonyl (C=O) groups excluding carboxylic acids is 1. The van der Waals surface area contributed by atoms with Crippen LogP contribution in [-0.2, 0) is 7.05 Å². The number of nitro groups is 1. The summed E-state index contributed by atoms with van der Waals surface area (Å²) in [5, 5.41) is 21.5. The summed E-state index contributed by atoms with van der Waals surface area (Å²) >= 11 is 2.42. The normalized spacial score (nSPS) is 10.9. The van der Waals surface area contributed by atoms with Crippen LogP contribution in [0.4, 0.5) is 5.69 Å². The van der Waals surface area contributed by atoms with Gasteiger partial charge in [0.2, 0.25) is 5.78 Å². The second-order valence-corrected chi connectivity index (χ2v) is 7.52. The summed E-state index contributed by atoms with van der Waals surface area (Å²) in [4.78, 5) is 28.6. The molecule has 140 valence electrons. The van der Waals surface area contributed by atoms with Gasteiger partial charge in [0.15, 0.2) is 5.82 Å². The summed E-state index contributed by atoms with van der Waals surface area (Å²) in [6.07, 6.45) is 3.12. The van der Waals surface area contributed by atoms with Crippen LogP contribution < -0.4 is 0 Å². The average Bonchev–Trinajstić information content (AvgIpc) is 3.42. The molecule has 4 aromatic rings. The summed E-state index contributed by atoms with van der Waals surface area (Å²) in [6.45, 7) is 0. The maximum Gasteiger partial charge on any atom is 0.284 e. The Bertz CT molecular complexity index is 1170. The number of carbonyl (C=O) groups is 1. The van der Waals surface area contributed by atoms with Crippen molar-refractivity contribution in [2.75, 3.05) is 0 Å². The third-order valence-electron chi connectivity index (χ3n) is 3.78. The number of aryl methyl sites for hydroxylation is 1. The molecule has 0 aliphatic carbocycles. The van der Waals surface area contributed by atoms with E-state index < -0.39 is 10.7 Å². The first-order valence-electron chi connectivity index (χ1n) is 7.88. The number of hydrogen-bond acceptors (Lipinski definition) is 9. The molecule has 0 N–H and O–H groups in total. The molecular formula is C17H11N5O4S2. The summed E-state index contributed by atoms with van der Waals surface area (Å²) in [7, 11) is 1.68. The van der Waals surface area contributed by atoms with Crippen molar-refractivity contribution in [3.05, 3.63) is 69.6 Å². The molecule has 28 heavy (non-hydrogen) atoms. The Labute approximate surface area is 166 Å². The van der Waals surface area contributed by atoms with E-state index in [0.29, 0.717) is 10.8 Å². The van der Waals surface area contributed by atoms with E-state index in [-0.39, 0.29) is 22.3 Å². The summed E-state index contributed by atoms with van der Waals surface area (Å²) in [6, 6.07) is 7.94. The van der Waals surface area contributed by atoms with E-state index >= 15 is 0 Å². The van der Waals surface area contributed by atoms with Crippen LogP contribution in [0.2, 0.25) is 0 Å². The average molecular weight is 413 g/mol. The molecule has 0 aliphatic heterocycles. The van der Waals surface area contributed by atoms with Crippen molar-refractivity contribution < 1.29 is 14.1 Å². The van der Waals surface area contributed by atoms with Crippen LogP contribution in [-0.4, -0.2) is 30.5 Å². The Morgan fingerprint density at radius 2 is 2.18 bits per heavy atom. The minimum atomic E-state index is -0.548. The van der Waals surface area contributed by atoms with Gasteiger partial charge in [-0.05, 0) is 35.3 Å². The summed E-state index contributed by atoms with van der Waals surface area (Å²) in [5.41, 5.74) is -0.0453. The molecule has 0 fully saturated rings. The third-order valence-corrected chi connectivity index (χ3v) is 5.54. The molecule has 1 aromatic carbocycles. The number of nitrogens with zero attached hydrogens (tertiary/aromatic N) is 5. The Hall–Kier alpha value is -3.31. The van der Waals surface area contributed by atoms with Crippen LogP contribution in [0.15, 0.2) is 62.6 Å². The van der Waals surface area contributed by atoms with Crippen LogP contribution in [0.25, 0.3) is 10.8 Å². The molecule has 3 heterocycles. The standard InChI is InChI=1S/C17H11N5O4S2/c1-21-7-6-18-15(21)14(23)10-4-5-12(11(9-10)22(24)25)28-17-20-19-16(26-17)13-3-2-8-27-13/h2-9H,1H3. The van der Waals surface area contributed by atoms with Crippen molar-refractivity contribution in [1.82, 2.24) is 19.7 Å². The van der Waals surface area contributed by atoms with Crippen molar-refractivity contribution in [2.24, 2.45) is 7.05 Å². The quantitative estimate of drug-likeness (QED) is 0.266. The van der Waals surface area contributed by atoms with Crippen LogP contribution in [0.5, 0.6) is 0 Å². The predicted octanol–water partition coefficient (Wildman–Crippen LogP) is 3.82. The van der Waals surface area contributed by atoms with Gasteiger partial charge in [-0.15, -0.1) is 21.5 Å². The lowest BCUT2D eigenvalue weighted by Crippen LogP contribution is -2.09. The largest absolute Gasteiger partial charge is 0.410 e. The molecule has 0 atom stereocenters. The van der Waals surface area contributed by atoms with Crippen molar-refractivity contribution in [2.45, 2.75) is 10.1 Å². The number of nitro benzene ring substituents is 1. The number of aromatic nitrogens is 4. The van der Waals surface area contributed by atoms with E-state index in [1.165, 1.54) is 35.7 Å². The summed E-state index contributed by atoms with van der Waals surface area (Å²) < 4.78 is 7.12. The SMILES string of the molecule is Cn1ccnc1C(=O)c1ccc(Sc2nnc(-c3cccs3)o2)c([N+](=O)[O-])c1. The molecule has 0 saturated heterocycles. The molecule has 0 spiro atoms. The highest BCUT2D eigenvalue weighted by molar-refractivity contribution is 7.99. The molecular weight excluding hydrogens is 402 g/mol. The highest BCUT2D eigenvalue weighted by atomic mass is 32.2. The van der Waals surface area contributed by atoms with Gasteiger partial charge >= 0.3 is 0 Å². The van der Waals surface area contributed by atoms with Crippen molar-refractivity contribution >= 4 is 34.6 Å². The molecule has 0 amide bonds. The van der Waals surface area contributed by atoms with Crippen molar-refractivity contribution in [3.63, 3.8) is 0 Å². The maximum absolute atomic E-state index is 12.6. The van der Waals surface area contributed by atoms with E-state index in [4.69, 9.17) is 4.42 Å². The zero-order valence-electron chi connectivity index (χ0n) is 14.3. The van der Waals surface area contributed by atoms with E-state index in [2.05, 4.69) is 15.2 Å². The van der Waals surface area contributed by atoms with Gasteiger partial charge in [0, 0.05) is 31.1 Å². The first-order chi connectivity index (χ1) is 13.5. The van der Waals surface area contributed by atoms with Crippen LogP contribution in [0.1, 0.15) is 16.2 Å². The minimum absolute atomic E-state index is 0.176. The van der Waals surface area contributed by atoms with Crippen LogP contribution in [0, 0.1) is 10.1 Å². The van der Waals surface area contributed by atoms with Crippen LogP contribution >= 0.6 is 23.1 Å². The molecule has 0 saturated carbocycles. The first kappa shape index (κ1) is 18.1. The molecule has 11 heteroatoms. The van der Waals surface area contributed by atoms with Gasteiger partial charge < -0.3 is 8.98 Å². The molecule has 0 bridgehead atoms. The Morgan fingerprint density at radius 1 is 1.32 bits per heavy atom. The second-order valence-electron chi connectivity index (χ2n) is 5.58. The highest BCUT2D eigenvalue weighted by Gasteiger charge is 2.22. The van der Waals surface area contributed by atoms with Gasteiger partial charge in [-0.1, -0.05) is 6.07 Å². The maximum atomic E-state index is 12.6. The smallest absolute Gasteiger partial charge is 0.284 e. The van der Waals surface area contributed by atoms with Gasteiger partial charge in [0.25, 0.3) is 16.8 Å². The van der Waals surface area contributed by atoms with Crippen molar-refractivity contribution in [3.8, 4) is 10.8 Å². The zero-order chi connectivity index (χ0) is 19.7. The van der Waals surface area contributed by atoms with Gasteiger partial charge in [-0.2, -0.15) is 0 Å². The second kappa shape index (κ2) is 7.37. The number of ketones is 1. The van der Waals surface area contributed by atoms with E-state index in [1.807, 2.05) is 17.5 Å². The predicted molar refractivity (Wildman–Crippen MR) is 101 cm³/mol. The highest BCUT2D eigenvalue weighted by Crippen LogP contribution is 2.36. The fourth-order valence-corrected chi connectivity index (χ4v) is 3.85. The molecule has 4 rings (SSSR count). The Balaban J connectivity index is 1.64. The van der Waals surface area contributed by atoms with Crippen LogP contribution in [0.3, 0.4) is 0 Å². The summed E-state index contributed by atoms with van der Waals surface area (Å²) in [5.74, 6) is 0.152. The Kier molecular flexibility index (Phi) is 4.75. The first-order valence-corrected chi connectivity index (χ1v) is 9.58. The lowest BCUT2D eigenvalue weighted by atomic mass is 10.1. The number of hydrogen-bond donors (Lipinski definition) is 0. The van der Waals surface area contributed by atoms with Gasteiger partial charge in [-0.25, -0.2) is 4.98 Å². The number of imidazole rings is 1. The van der Waals surface area contributed by atoms with Gasteiger partial charge in [-0.3, -0.25) is 14.9 Å². The molecule has 3 aromatic heterocycles. The topological polar surface area (TPSA) is 117 Å². The van der Waals surface area contributed by atoms with E-state index in [1.54, 1.807) is 17.8 Å². The molecule has 0 aliphatic rings. The third kappa shape index (κ3) is 3.44. The lowest BCUT2D eigenvalue weighted by Gasteiger charge is -2.04. The molecule has 9 nitrogen and oxygen atoms in total.